The van der Waals surface area contributed by atoms with Crippen molar-refractivity contribution in [1.29, 1.82) is 0 Å². The predicted molar refractivity (Wildman–Crippen MR) is 79.1 cm³/mol. The highest BCUT2D eigenvalue weighted by Crippen LogP contribution is 2.47. The van der Waals surface area contributed by atoms with Crippen molar-refractivity contribution in [2.24, 2.45) is 5.41 Å². The lowest BCUT2D eigenvalue weighted by Crippen LogP contribution is -2.26. The molecule has 0 heterocycles. The highest BCUT2D eigenvalue weighted by atomic mass is 14.9. The van der Waals surface area contributed by atoms with Crippen LogP contribution in [0.25, 0.3) is 11.1 Å². The average molecular weight is 249 g/mol. The Hall–Kier alpha value is -1.60. The fourth-order valence-electron chi connectivity index (χ4n) is 3.11. The van der Waals surface area contributed by atoms with E-state index >= 15 is 0 Å². The van der Waals surface area contributed by atoms with Crippen molar-refractivity contribution in [2.75, 3.05) is 6.54 Å². The summed E-state index contributed by atoms with van der Waals surface area (Å²) in [5, 5.41) is 3.80. The maximum atomic E-state index is 3.80. The number of rotatable bonds is 3. The topological polar surface area (TPSA) is 12.0 Å². The molecule has 1 N–H and O–H groups in total. The summed E-state index contributed by atoms with van der Waals surface area (Å²) in [6.45, 7) is 3.51. The lowest BCUT2D eigenvalue weighted by atomic mass is 10.0. The van der Waals surface area contributed by atoms with Gasteiger partial charge in [0.05, 0.1) is 6.04 Å². The average Bonchev–Trinajstić information content (AvgIpc) is 3.10. The van der Waals surface area contributed by atoms with Gasteiger partial charge in [-0.15, -0.1) is 0 Å². The maximum Gasteiger partial charge on any atom is 0.0589 e. The molecule has 2 aromatic rings. The fraction of sp³-hybridized carbons (Fsp3) is 0.333. The van der Waals surface area contributed by atoms with Crippen LogP contribution in [0.1, 0.15) is 36.9 Å². The van der Waals surface area contributed by atoms with E-state index in [1.807, 2.05) is 0 Å². The van der Waals surface area contributed by atoms with Gasteiger partial charge in [-0.1, -0.05) is 55.5 Å². The summed E-state index contributed by atoms with van der Waals surface area (Å²) < 4.78 is 0. The van der Waals surface area contributed by atoms with E-state index in [1.54, 1.807) is 0 Å². The molecular weight excluding hydrogens is 230 g/mol. The Morgan fingerprint density at radius 3 is 2.00 bits per heavy atom. The van der Waals surface area contributed by atoms with Crippen molar-refractivity contribution >= 4 is 0 Å². The Morgan fingerprint density at radius 2 is 1.47 bits per heavy atom. The minimum atomic E-state index is 0.379. The van der Waals surface area contributed by atoms with Gasteiger partial charge in [0, 0.05) is 6.54 Å². The van der Waals surface area contributed by atoms with Gasteiger partial charge in [0.2, 0.25) is 0 Å². The van der Waals surface area contributed by atoms with Crippen LogP contribution >= 0.6 is 0 Å². The Labute approximate surface area is 114 Å². The lowest BCUT2D eigenvalue weighted by molar-refractivity contribution is 0.473. The molecule has 1 nitrogen and oxygen atoms in total. The Morgan fingerprint density at radius 1 is 0.947 bits per heavy atom. The summed E-state index contributed by atoms with van der Waals surface area (Å²) in [5.41, 5.74) is 6.22. The van der Waals surface area contributed by atoms with Crippen LogP contribution in [0.2, 0.25) is 0 Å². The molecule has 0 saturated heterocycles. The third kappa shape index (κ3) is 1.81. The first-order valence-electron chi connectivity index (χ1n) is 7.18. The van der Waals surface area contributed by atoms with E-state index in [1.165, 1.54) is 35.1 Å². The van der Waals surface area contributed by atoms with Crippen LogP contribution in [0.3, 0.4) is 0 Å². The quantitative estimate of drug-likeness (QED) is 0.861. The fourth-order valence-corrected chi connectivity index (χ4v) is 3.11. The molecule has 2 aromatic carbocycles. The van der Waals surface area contributed by atoms with E-state index in [-0.39, 0.29) is 0 Å². The van der Waals surface area contributed by atoms with Crippen LogP contribution in [-0.2, 0) is 0 Å². The summed E-state index contributed by atoms with van der Waals surface area (Å²) in [7, 11) is 0. The second-order valence-electron chi connectivity index (χ2n) is 6.30. The molecule has 19 heavy (non-hydrogen) atoms. The SMILES string of the molecule is CC1(CNC2c3ccccc3-c3ccccc32)CC1. The standard InChI is InChI=1S/C18H19N/c1-18(10-11-18)12-19-17-15-8-4-2-6-13(15)14-7-3-5-9-16(14)17/h2-9,17,19H,10-12H2,1H3. The van der Waals surface area contributed by atoms with Crippen molar-refractivity contribution in [3.05, 3.63) is 59.7 Å². The maximum absolute atomic E-state index is 3.80. The van der Waals surface area contributed by atoms with Crippen molar-refractivity contribution in [1.82, 2.24) is 5.32 Å². The highest BCUT2D eigenvalue weighted by molar-refractivity contribution is 5.78. The largest absolute Gasteiger partial charge is 0.306 e. The molecule has 1 saturated carbocycles. The summed E-state index contributed by atoms with van der Waals surface area (Å²) >= 11 is 0. The number of nitrogens with one attached hydrogen (secondary N) is 1. The second-order valence-corrected chi connectivity index (χ2v) is 6.30. The molecule has 0 radical (unpaired) electrons. The van der Waals surface area contributed by atoms with Crippen LogP contribution in [-0.4, -0.2) is 6.54 Å². The minimum Gasteiger partial charge on any atom is -0.306 e. The first-order chi connectivity index (χ1) is 9.27. The number of hydrogen-bond donors (Lipinski definition) is 1. The molecule has 0 atom stereocenters. The van der Waals surface area contributed by atoms with E-state index in [2.05, 4.69) is 60.8 Å². The third-order valence-corrected chi connectivity index (χ3v) is 4.67. The zero-order valence-corrected chi connectivity index (χ0v) is 11.3. The van der Waals surface area contributed by atoms with E-state index in [0.29, 0.717) is 11.5 Å². The van der Waals surface area contributed by atoms with Gasteiger partial charge < -0.3 is 5.32 Å². The van der Waals surface area contributed by atoms with Crippen molar-refractivity contribution < 1.29 is 0 Å². The van der Waals surface area contributed by atoms with Gasteiger partial charge in [-0.3, -0.25) is 0 Å². The van der Waals surface area contributed by atoms with Crippen LogP contribution in [0.15, 0.2) is 48.5 Å². The van der Waals surface area contributed by atoms with E-state index in [9.17, 15) is 0 Å². The Balaban J connectivity index is 1.73. The molecule has 0 spiro atoms. The van der Waals surface area contributed by atoms with Crippen molar-refractivity contribution in [2.45, 2.75) is 25.8 Å². The number of benzene rings is 2. The molecule has 0 unspecified atom stereocenters. The number of fused-ring (bicyclic) bond motifs is 3. The van der Waals surface area contributed by atoms with Crippen molar-refractivity contribution in [3.8, 4) is 11.1 Å². The molecule has 2 aliphatic rings. The molecule has 2 aliphatic carbocycles. The van der Waals surface area contributed by atoms with Crippen LogP contribution in [0.5, 0.6) is 0 Å². The summed E-state index contributed by atoms with van der Waals surface area (Å²) in [5.74, 6) is 0. The zero-order chi connectivity index (χ0) is 12.9. The molecule has 4 rings (SSSR count). The van der Waals surface area contributed by atoms with Gasteiger partial charge in [-0.2, -0.15) is 0 Å². The molecule has 0 aromatic heterocycles. The molecule has 1 fully saturated rings. The minimum absolute atomic E-state index is 0.379. The normalized spacial score (nSPS) is 19.0. The van der Waals surface area contributed by atoms with Gasteiger partial charge in [0.25, 0.3) is 0 Å². The van der Waals surface area contributed by atoms with Crippen LogP contribution in [0, 0.1) is 5.41 Å². The van der Waals surface area contributed by atoms with Gasteiger partial charge >= 0.3 is 0 Å². The highest BCUT2D eigenvalue weighted by Gasteiger charge is 2.38. The summed E-state index contributed by atoms with van der Waals surface area (Å²) in [6, 6.07) is 18.0. The lowest BCUT2D eigenvalue weighted by Gasteiger charge is -2.18. The number of hydrogen-bond acceptors (Lipinski definition) is 1. The molecule has 0 bridgehead atoms. The first-order valence-corrected chi connectivity index (χ1v) is 7.18. The van der Waals surface area contributed by atoms with Crippen molar-refractivity contribution in [3.63, 3.8) is 0 Å². The molecule has 1 heteroatoms. The molecular formula is C18H19N. The van der Waals surface area contributed by atoms with Gasteiger partial charge in [0.15, 0.2) is 0 Å². The first kappa shape index (κ1) is 11.2. The van der Waals surface area contributed by atoms with Crippen LogP contribution < -0.4 is 5.32 Å². The van der Waals surface area contributed by atoms with Gasteiger partial charge in [-0.05, 0) is 40.5 Å². The van der Waals surface area contributed by atoms with Gasteiger partial charge in [-0.25, -0.2) is 0 Å². The van der Waals surface area contributed by atoms with E-state index in [0.717, 1.165) is 6.54 Å². The Bertz CT molecular complexity index is 580. The van der Waals surface area contributed by atoms with E-state index in [4.69, 9.17) is 0 Å². The smallest absolute Gasteiger partial charge is 0.0589 e. The molecule has 0 amide bonds. The predicted octanol–water partition coefficient (Wildman–Crippen LogP) is 4.15. The third-order valence-electron chi connectivity index (χ3n) is 4.67. The van der Waals surface area contributed by atoms with E-state index < -0.39 is 0 Å². The summed E-state index contributed by atoms with van der Waals surface area (Å²) in [6.07, 6.45) is 2.74. The molecule has 0 aliphatic heterocycles. The van der Waals surface area contributed by atoms with Crippen LogP contribution in [0.4, 0.5) is 0 Å². The molecule has 96 valence electrons. The monoisotopic (exact) mass is 249 g/mol. The van der Waals surface area contributed by atoms with Gasteiger partial charge in [0.1, 0.15) is 0 Å². The zero-order valence-electron chi connectivity index (χ0n) is 11.3. The second kappa shape index (κ2) is 3.94. The summed E-state index contributed by atoms with van der Waals surface area (Å²) in [4.78, 5) is 0. The Kier molecular flexibility index (Phi) is 2.33.